The Labute approximate surface area is 188 Å². The van der Waals surface area contributed by atoms with Crippen molar-refractivity contribution in [1.29, 1.82) is 0 Å². The summed E-state index contributed by atoms with van der Waals surface area (Å²) in [4.78, 5) is 39.2. The molecule has 9 nitrogen and oxygen atoms in total. The summed E-state index contributed by atoms with van der Waals surface area (Å²) in [5, 5.41) is 11.3. The highest BCUT2D eigenvalue weighted by Gasteiger charge is 2.67. The summed E-state index contributed by atoms with van der Waals surface area (Å²) < 4.78 is 22.8. The van der Waals surface area contributed by atoms with Gasteiger partial charge in [0.2, 0.25) is 0 Å². The van der Waals surface area contributed by atoms with Crippen molar-refractivity contribution in [1.82, 2.24) is 4.90 Å². The topological polar surface area (TPSA) is 112 Å². The van der Waals surface area contributed by atoms with E-state index in [9.17, 15) is 19.5 Å². The van der Waals surface area contributed by atoms with E-state index < -0.39 is 47.7 Å². The highest BCUT2D eigenvalue weighted by molar-refractivity contribution is 5.76. The number of carbonyl (C=O) groups excluding carboxylic acids is 3. The van der Waals surface area contributed by atoms with Gasteiger partial charge < -0.3 is 24.1 Å². The molecule has 0 spiro atoms. The third-order valence-corrected chi connectivity index (χ3v) is 8.11. The molecule has 0 bridgehead atoms. The molecule has 4 fully saturated rings. The molecule has 0 aromatic heterocycles. The van der Waals surface area contributed by atoms with E-state index in [2.05, 4.69) is 4.90 Å². The van der Waals surface area contributed by atoms with Crippen LogP contribution in [0.3, 0.4) is 0 Å². The second kappa shape index (κ2) is 8.91. The van der Waals surface area contributed by atoms with Gasteiger partial charge in [0.1, 0.15) is 18.3 Å². The zero-order valence-electron chi connectivity index (χ0n) is 19.3. The molecule has 9 heteroatoms. The zero-order chi connectivity index (χ0) is 23.2. The number of hydrogen-bond acceptors (Lipinski definition) is 9. The first-order chi connectivity index (χ1) is 15.1. The lowest BCUT2D eigenvalue weighted by Crippen LogP contribution is -2.53. The Hall–Kier alpha value is -1.71. The molecule has 4 rings (SSSR count). The number of morpholine rings is 1. The lowest BCUT2D eigenvalue weighted by molar-refractivity contribution is -0.174. The molecule has 32 heavy (non-hydrogen) atoms. The Balaban J connectivity index is 1.72. The van der Waals surface area contributed by atoms with Gasteiger partial charge in [-0.3, -0.25) is 19.3 Å². The summed E-state index contributed by atoms with van der Waals surface area (Å²) >= 11 is 0. The van der Waals surface area contributed by atoms with Gasteiger partial charge in [0.05, 0.1) is 25.2 Å². The van der Waals surface area contributed by atoms with Crippen molar-refractivity contribution in [2.24, 2.45) is 29.1 Å². The first-order valence-electron chi connectivity index (χ1n) is 11.7. The number of esters is 3. The average Bonchev–Trinajstić information content (AvgIpc) is 3.10. The van der Waals surface area contributed by atoms with Crippen LogP contribution in [0.1, 0.15) is 40.5 Å². The van der Waals surface area contributed by atoms with Gasteiger partial charge in [-0.05, 0) is 12.3 Å². The molecule has 0 aromatic rings. The number of carbonyl (C=O) groups is 3. The van der Waals surface area contributed by atoms with E-state index >= 15 is 0 Å². The van der Waals surface area contributed by atoms with Crippen molar-refractivity contribution in [2.45, 2.75) is 65.0 Å². The molecule has 2 aliphatic heterocycles. The van der Waals surface area contributed by atoms with E-state index in [-0.39, 0.29) is 30.1 Å². The van der Waals surface area contributed by atoms with Crippen molar-refractivity contribution < 1.29 is 38.4 Å². The van der Waals surface area contributed by atoms with Gasteiger partial charge in [0, 0.05) is 57.2 Å². The molecule has 180 valence electrons. The van der Waals surface area contributed by atoms with E-state index in [1.54, 1.807) is 0 Å². The highest BCUT2D eigenvalue weighted by atomic mass is 16.6. The highest BCUT2D eigenvalue weighted by Crippen LogP contribution is 2.59. The van der Waals surface area contributed by atoms with E-state index in [0.717, 1.165) is 13.1 Å². The van der Waals surface area contributed by atoms with Crippen molar-refractivity contribution in [3.8, 4) is 0 Å². The van der Waals surface area contributed by atoms with Gasteiger partial charge in [-0.1, -0.05) is 13.8 Å². The number of rotatable bonds is 4. The third kappa shape index (κ3) is 4.03. The van der Waals surface area contributed by atoms with Crippen molar-refractivity contribution in [2.75, 3.05) is 32.8 Å². The molecule has 0 radical (unpaired) electrons. The zero-order valence-corrected chi connectivity index (χ0v) is 19.3. The molecule has 2 aliphatic carbocycles. The number of ether oxygens (including phenoxy) is 4. The fraction of sp³-hybridized carbons (Fsp3) is 0.870. The molecule has 0 amide bonds. The molecular weight excluding hydrogens is 418 g/mol. The number of aliphatic hydroxyl groups is 1. The summed E-state index contributed by atoms with van der Waals surface area (Å²) in [5.74, 6) is -2.22. The van der Waals surface area contributed by atoms with Crippen molar-refractivity contribution in [3.63, 3.8) is 0 Å². The summed E-state index contributed by atoms with van der Waals surface area (Å²) in [7, 11) is 0. The molecule has 4 aliphatic rings. The molecule has 9 atom stereocenters. The van der Waals surface area contributed by atoms with Crippen LogP contribution in [0.5, 0.6) is 0 Å². The van der Waals surface area contributed by atoms with Crippen LogP contribution < -0.4 is 0 Å². The average molecular weight is 454 g/mol. The number of hydrogen-bond donors (Lipinski definition) is 1. The quantitative estimate of drug-likeness (QED) is 0.487. The first kappa shape index (κ1) is 23.4. The fourth-order valence-electron chi connectivity index (χ4n) is 6.85. The molecular formula is C23H35NO8. The molecule has 2 saturated heterocycles. The predicted octanol–water partition coefficient (Wildman–Crippen LogP) is 0.767. The first-order valence-corrected chi connectivity index (χ1v) is 11.7. The van der Waals surface area contributed by atoms with Crippen LogP contribution in [0.4, 0.5) is 0 Å². The second-order valence-corrected chi connectivity index (χ2v) is 10.1. The molecule has 0 aromatic carbocycles. The Bertz CT molecular complexity index is 752. The summed E-state index contributed by atoms with van der Waals surface area (Å²) in [6.07, 6.45) is -1.62. The van der Waals surface area contributed by atoms with Gasteiger partial charge in [0.15, 0.2) is 0 Å². The van der Waals surface area contributed by atoms with Crippen LogP contribution in [0.15, 0.2) is 0 Å². The molecule has 2 saturated carbocycles. The van der Waals surface area contributed by atoms with Crippen molar-refractivity contribution in [3.05, 3.63) is 0 Å². The van der Waals surface area contributed by atoms with E-state index in [1.807, 2.05) is 13.8 Å². The van der Waals surface area contributed by atoms with E-state index in [1.165, 1.54) is 13.8 Å². The van der Waals surface area contributed by atoms with Gasteiger partial charge >= 0.3 is 17.9 Å². The second-order valence-electron chi connectivity index (χ2n) is 10.1. The number of nitrogens with zero attached hydrogens (tertiary/aromatic N) is 1. The smallest absolute Gasteiger partial charge is 0.311 e. The van der Waals surface area contributed by atoms with Crippen LogP contribution in [0, 0.1) is 29.1 Å². The van der Waals surface area contributed by atoms with Crippen LogP contribution in [0.2, 0.25) is 0 Å². The third-order valence-electron chi connectivity index (χ3n) is 8.11. The lowest BCUT2D eigenvalue weighted by atomic mass is 9.66. The summed E-state index contributed by atoms with van der Waals surface area (Å²) in [6, 6.07) is 0. The van der Waals surface area contributed by atoms with E-state index in [0.29, 0.717) is 26.2 Å². The van der Waals surface area contributed by atoms with Crippen LogP contribution >= 0.6 is 0 Å². The summed E-state index contributed by atoms with van der Waals surface area (Å²) in [6.45, 7) is 9.84. The maximum absolute atomic E-state index is 13.0. The summed E-state index contributed by atoms with van der Waals surface area (Å²) in [5.41, 5.74) is -0.873. The number of aliphatic hydroxyl groups excluding tert-OH is 1. The van der Waals surface area contributed by atoms with Gasteiger partial charge in [-0.15, -0.1) is 0 Å². The monoisotopic (exact) mass is 453 g/mol. The fourth-order valence-corrected chi connectivity index (χ4v) is 6.85. The maximum Gasteiger partial charge on any atom is 0.311 e. The molecule has 2 heterocycles. The Morgan fingerprint density at radius 2 is 1.81 bits per heavy atom. The normalized spacial score (nSPS) is 44.2. The van der Waals surface area contributed by atoms with Crippen LogP contribution in [-0.2, 0) is 33.3 Å². The minimum Gasteiger partial charge on any atom is -0.462 e. The van der Waals surface area contributed by atoms with Crippen molar-refractivity contribution >= 4 is 17.9 Å². The SMILES string of the molecule is CC(=O)O[C@H]1C[C@H](O)[C@]2(C)[C@@H]1[C@H](C)C[C@@H]1OC(=O)[C@@H](CN3CCOCC3)[C@H]1[C@@H]2OC(C)=O. The van der Waals surface area contributed by atoms with Gasteiger partial charge in [-0.2, -0.15) is 0 Å². The Morgan fingerprint density at radius 3 is 2.44 bits per heavy atom. The van der Waals surface area contributed by atoms with Gasteiger partial charge in [0.25, 0.3) is 0 Å². The predicted molar refractivity (Wildman–Crippen MR) is 111 cm³/mol. The Morgan fingerprint density at radius 1 is 1.16 bits per heavy atom. The van der Waals surface area contributed by atoms with E-state index in [4.69, 9.17) is 18.9 Å². The number of fused-ring (bicyclic) bond motifs is 2. The van der Waals surface area contributed by atoms with Crippen LogP contribution in [0.25, 0.3) is 0 Å². The maximum atomic E-state index is 13.0. The Kier molecular flexibility index (Phi) is 6.53. The largest absolute Gasteiger partial charge is 0.462 e. The van der Waals surface area contributed by atoms with Crippen LogP contribution in [-0.4, -0.2) is 85.2 Å². The molecule has 1 N–H and O–H groups in total. The minimum absolute atomic E-state index is 0.00973. The molecule has 0 unspecified atom stereocenters. The standard InChI is InChI=1S/C23H35NO8/c1-12-9-16-19(15(22(28)32-16)11-24-5-7-29-8-6-24)21(31-14(3)26)23(4)18(27)10-17(20(12)23)30-13(2)25/h12,15-21,27H,5-11H2,1-4H3/t12-,15+,16+,17+,18+,19-,20-,21+,23-/m1/s1. The van der Waals surface area contributed by atoms with Gasteiger partial charge in [-0.25, -0.2) is 0 Å². The minimum atomic E-state index is -0.873. The lowest BCUT2D eigenvalue weighted by Gasteiger charge is -2.44.